The number of aromatic nitrogens is 2. The van der Waals surface area contributed by atoms with Gasteiger partial charge in [-0.25, -0.2) is 0 Å². The second-order valence-electron chi connectivity index (χ2n) is 5.49. The summed E-state index contributed by atoms with van der Waals surface area (Å²) in [5.74, 6) is 0. The molecule has 0 spiro atoms. The fourth-order valence-corrected chi connectivity index (χ4v) is 3.15. The number of nitrogens with zero attached hydrogens (tertiary/aromatic N) is 2. The Balaban J connectivity index is 0.000000184. The van der Waals surface area contributed by atoms with Crippen molar-refractivity contribution in [3.05, 3.63) is 73.1 Å². The lowest BCUT2D eigenvalue weighted by Crippen LogP contribution is -1.97. The van der Waals surface area contributed by atoms with Gasteiger partial charge in [-0.3, -0.25) is 9.54 Å². The third-order valence-electron chi connectivity index (χ3n) is 3.89. The fourth-order valence-electron chi connectivity index (χ4n) is 2.63. The quantitative estimate of drug-likeness (QED) is 0.509. The van der Waals surface area contributed by atoms with Crippen molar-refractivity contribution >= 4 is 44.3 Å². The summed E-state index contributed by atoms with van der Waals surface area (Å²) in [6.07, 6.45) is 3.75. The molecule has 5 nitrogen and oxygen atoms in total. The van der Waals surface area contributed by atoms with Crippen LogP contribution in [0.1, 0.15) is 6.92 Å². The summed E-state index contributed by atoms with van der Waals surface area (Å²) >= 11 is 0. The zero-order valence-corrected chi connectivity index (χ0v) is 15.7. The first kappa shape index (κ1) is 19.9. The molecule has 0 amide bonds. The van der Waals surface area contributed by atoms with Gasteiger partial charge in [0.1, 0.15) is 0 Å². The monoisotopic (exact) mass is 390 g/mol. The maximum absolute atomic E-state index is 10.8. The maximum Gasteiger partial charge on any atom is 0.294 e. The fraction of sp³-hybridized carbons (Fsp3) is 0.105. The Bertz CT molecular complexity index is 1120. The van der Waals surface area contributed by atoms with Crippen molar-refractivity contribution in [2.75, 3.05) is 0 Å². The molecule has 0 bridgehead atoms. The molecular formula is C19H19ClN2O3S. The average molecular weight is 391 g/mol. The second-order valence-corrected chi connectivity index (χ2v) is 6.92. The molecule has 0 saturated carbocycles. The number of hydrogen-bond donors (Lipinski definition) is 1. The molecule has 0 fully saturated rings. The van der Waals surface area contributed by atoms with Crippen LogP contribution in [0.5, 0.6) is 0 Å². The van der Waals surface area contributed by atoms with Gasteiger partial charge in [-0.1, -0.05) is 24.3 Å². The lowest BCUT2D eigenvalue weighted by molar-refractivity contribution is 0.483. The minimum Gasteiger partial charge on any atom is -0.348 e. The predicted molar refractivity (Wildman–Crippen MR) is 106 cm³/mol. The number of rotatable bonds is 2. The van der Waals surface area contributed by atoms with Crippen LogP contribution in [-0.4, -0.2) is 22.5 Å². The van der Waals surface area contributed by atoms with Crippen molar-refractivity contribution in [2.24, 2.45) is 0 Å². The molecule has 136 valence electrons. The SMILES string of the molecule is CCn1ccc2ccccc21.Cl.O=S(=O)(O)c1ccc2ncccc2c1. The zero-order valence-electron chi connectivity index (χ0n) is 14.1. The first-order valence-corrected chi connectivity index (χ1v) is 9.29. The van der Waals surface area contributed by atoms with Crippen LogP contribution in [-0.2, 0) is 16.7 Å². The van der Waals surface area contributed by atoms with E-state index in [0.29, 0.717) is 10.9 Å². The molecule has 0 saturated heterocycles. The van der Waals surface area contributed by atoms with E-state index >= 15 is 0 Å². The molecule has 26 heavy (non-hydrogen) atoms. The molecule has 2 aromatic heterocycles. The summed E-state index contributed by atoms with van der Waals surface area (Å²) < 4.78 is 32.7. The minimum absolute atomic E-state index is 0. The van der Waals surface area contributed by atoms with Crippen molar-refractivity contribution in [2.45, 2.75) is 18.4 Å². The standard InChI is InChI=1S/C10H11N.C9H7NO3S.ClH/c1-2-11-8-7-9-5-3-4-6-10(9)11;11-14(12,13)8-3-4-9-7(6-8)2-1-5-10-9;/h3-8H,2H2,1H3;1-6H,(H,11,12,13);1H. The third-order valence-corrected chi connectivity index (χ3v) is 4.74. The highest BCUT2D eigenvalue weighted by atomic mass is 35.5. The Morgan fingerprint density at radius 2 is 1.73 bits per heavy atom. The van der Waals surface area contributed by atoms with E-state index in [4.69, 9.17) is 4.55 Å². The number of para-hydroxylation sites is 1. The Hall–Kier alpha value is -2.41. The second kappa shape index (κ2) is 8.31. The molecule has 1 N–H and O–H groups in total. The molecule has 2 aromatic carbocycles. The van der Waals surface area contributed by atoms with E-state index in [2.05, 4.69) is 53.0 Å². The predicted octanol–water partition coefficient (Wildman–Crippen LogP) is 4.56. The molecule has 0 aliphatic rings. The normalized spacial score (nSPS) is 10.8. The highest BCUT2D eigenvalue weighted by molar-refractivity contribution is 7.85. The molecule has 4 aromatic rings. The lowest BCUT2D eigenvalue weighted by atomic mass is 10.2. The largest absolute Gasteiger partial charge is 0.348 e. The number of halogens is 1. The summed E-state index contributed by atoms with van der Waals surface area (Å²) in [5.41, 5.74) is 2.02. The highest BCUT2D eigenvalue weighted by Gasteiger charge is 2.09. The van der Waals surface area contributed by atoms with Crippen LogP contribution in [0, 0.1) is 0 Å². The molecule has 7 heteroatoms. The van der Waals surface area contributed by atoms with Gasteiger partial charge in [0.25, 0.3) is 10.1 Å². The first-order chi connectivity index (χ1) is 12.0. The van der Waals surface area contributed by atoms with Gasteiger partial charge < -0.3 is 4.57 Å². The van der Waals surface area contributed by atoms with Crippen molar-refractivity contribution < 1.29 is 13.0 Å². The van der Waals surface area contributed by atoms with Crippen LogP contribution in [0.25, 0.3) is 21.8 Å². The Labute approximate surface area is 158 Å². The molecule has 0 radical (unpaired) electrons. The zero-order chi connectivity index (χ0) is 17.9. The summed E-state index contributed by atoms with van der Waals surface area (Å²) in [5, 5.41) is 2.01. The number of aryl methyl sites for hydroxylation is 1. The lowest BCUT2D eigenvalue weighted by Gasteiger charge is -1.99. The highest BCUT2D eigenvalue weighted by Crippen LogP contribution is 2.16. The summed E-state index contributed by atoms with van der Waals surface area (Å²) in [6.45, 7) is 3.21. The Kier molecular flexibility index (Phi) is 6.37. The van der Waals surface area contributed by atoms with Crippen molar-refractivity contribution in [3.8, 4) is 0 Å². The third kappa shape index (κ3) is 4.40. The van der Waals surface area contributed by atoms with Gasteiger partial charge in [-0.05, 0) is 48.7 Å². The van der Waals surface area contributed by atoms with Gasteiger partial charge >= 0.3 is 0 Å². The van der Waals surface area contributed by atoms with E-state index in [1.54, 1.807) is 24.4 Å². The average Bonchev–Trinajstić information content (AvgIpc) is 3.04. The molecule has 4 rings (SSSR count). The van der Waals surface area contributed by atoms with Crippen LogP contribution in [0.3, 0.4) is 0 Å². The van der Waals surface area contributed by atoms with Crippen LogP contribution in [0.15, 0.2) is 78.0 Å². The topological polar surface area (TPSA) is 72.2 Å². The molecule has 2 heterocycles. The van der Waals surface area contributed by atoms with E-state index < -0.39 is 10.1 Å². The first-order valence-electron chi connectivity index (χ1n) is 7.85. The molecule has 0 aliphatic heterocycles. The van der Waals surface area contributed by atoms with Gasteiger partial charge in [0.05, 0.1) is 10.4 Å². The number of hydrogen-bond acceptors (Lipinski definition) is 3. The van der Waals surface area contributed by atoms with Crippen LogP contribution in [0.4, 0.5) is 0 Å². The molecular weight excluding hydrogens is 372 g/mol. The number of benzene rings is 2. The smallest absolute Gasteiger partial charge is 0.294 e. The Morgan fingerprint density at radius 1 is 1.00 bits per heavy atom. The van der Waals surface area contributed by atoms with Gasteiger partial charge in [0, 0.05) is 29.8 Å². The Morgan fingerprint density at radius 3 is 2.46 bits per heavy atom. The summed E-state index contributed by atoms with van der Waals surface area (Å²) in [6, 6.07) is 18.3. The maximum atomic E-state index is 10.8. The molecule has 0 unspecified atom stereocenters. The van der Waals surface area contributed by atoms with E-state index in [-0.39, 0.29) is 17.3 Å². The van der Waals surface area contributed by atoms with E-state index in [1.807, 2.05) is 0 Å². The molecule has 0 aliphatic carbocycles. The van der Waals surface area contributed by atoms with E-state index in [9.17, 15) is 8.42 Å². The van der Waals surface area contributed by atoms with Gasteiger partial charge in [0.2, 0.25) is 0 Å². The van der Waals surface area contributed by atoms with Crippen LogP contribution in [0.2, 0.25) is 0 Å². The van der Waals surface area contributed by atoms with Crippen molar-refractivity contribution in [3.63, 3.8) is 0 Å². The van der Waals surface area contributed by atoms with Gasteiger partial charge in [-0.15, -0.1) is 12.4 Å². The van der Waals surface area contributed by atoms with Gasteiger partial charge in [-0.2, -0.15) is 8.42 Å². The van der Waals surface area contributed by atoms with Gasteiger partial charge in [0.15, 0.2) is 0 Å². The molecule has 0 atom stereocenters. The van der Waals surface area contributed by atoms with Crippen molar-refractivity contribution in [1.82, 2.24) is 9.55 Å². The number of pyridine rings is 1. The van der Waals surface area contributed by atoms with E-state index in [1.165, 1.54) is 23.0 Å². The minimum atomic E-state index is -4.12. The van der Waals surface area contributed by atoms with Crippen LogP contribution < -0.4 is 0 Å². The number of fused-ring (bicyclic) bond motifs is 2. The van der Waals surface area contributed by atoms with Crippen molar-refractivity contribution in [1.29, 1.82) is 0 Å². The van der Waals surface area contributed by atoms with Crippen LogP contribution >= 0.6 is 12.4 Å². The summed E-state index contributed by atoms with van der Waals surface area (Å²) in [7, 11) is -4.12. The van der Waals surface area contributed by atoms with E-state index in [0.717, 1.165) is 6.54 Å². The summed E-state index contributed by atoms with van der Waals surface area (Å²) in [4.78, 5) is 3.91.